The summed E-state index contributed by atoms with van der Waals surface area (Å²) in [6.45, 7) is 0. The number of benzene rings is 1. The number of halogens is 3. The average Bonchev–Trinajstić information content (AvgIpc) is 2.35. The quantitative estimate of drug-likeness (QED) is 0.783. The molecule has 0 unspecified atom stereocenters. The van der Waals surface area contributed by atoms with Crippen molar-refractivity contribution in [3.05, 3.63) is 62.9 Å². The molecule has 2 aromatic rings. The molecule has 0 aliphatic rings. The van der Waals surface area contributed by atoms with Crippen LogP contribution in [0, 0.1) is 0 Å². The first-order chi connectivity index (χ1) is 8.58. The third kappa shape index (κ3) is 3.02. The van der Waals surface area contributed by atoms with Crippen molar-refractivity contribution in [1.82, 2.24) is 4.98 Å². The highest BCUT2D eigenvalue weighted by molar-refractivity contribution is 6.42. The molecule has 0 amide bonds. The zero-order chi connectivity index (χ0) is 13.1. The second-order valence-electron chi connectivity index (χ2n) is 3.70. The molecule has 0 aliphatic carbocycles. The standard InChI is InChI=1S/C13H8Cl3NO/c14-10-2-1-9(5-11(10)15)13(18)6-8-3-4-17-7-12(8)16/h1-5,7H,6H2. The van der Waals surface area contributed by atoms with Crippen LogP contribution >= 0.6 is 34.8 Å². The minimum Gasteiger partial charge on any atom is -0.294 e. The normalized spacial score (nSPS) is 10.4. The highest BCUT2D eigenvalue weighted by Crippen LogP contribution is 2.24. The Bertz CT molecular complexity index is 599. The molecule has 0 atom stereocenters. The van der Waals surface area contributed by atoms with Crippen molar-refractivity contribution in [2.75, 3.05) is 0 Å². The molecule has 2 rings (SSSR count). The van der Waals surface area contributed by atoms with Crippen LogP contribution in [0.4, 0.5) is 0 Å². The van der Waals surface area contributed by atoms with Gasteiger partial charge in [-0.3, -0.25) is 9.78 Å². The summed E-state index contributed by atoms with van der Waals surface area (Å²) in [6.07, 6.45) is 3.32. The van der Waals surface area contributed by atoms with Gasteiger partial charge in [-0.1, -0.05) is 34.8 Å². The van der Waals surface area contributed by atoms with E-state index in [2.05, 4.69) is 4.98 Å². The van der Waals surface area contributed by atoms with Crippen LogP contribution in [0.5, 0.6) is 0 Å². The highest BCUT2D eigenvalue weighted by atomic mass is 35.5. The summed E-state index contributed by atoms with van der Waals surface area (Å²) in [7, 11) is 0. The van der Waals surface area contributed by atoms with Gasteiger partial charge in [-0.2, -0.15) is 0 Å². The summed E-state index contributed by atoms with van der Waals surface area (Å²) >= 11 is 17.6. The second-order valence-corrected chi connectivity index (χ2v) is 4.92. The van der Waals surface area contributed by atoms with Gasteiger partial charge in [-0.25, -0.2) is 0 Å². The zero-order valence-corrected chi connectivity index (χ0v) is 11.4. The number of rotatable bonds is 3. The van der Waals surface area contributed by atoms with Gasteiger partial charge in [0.2, 0.25) is 0 Å². The molecule has 0 bridgehead atoms. The minimum absolute atomic E-state index is 0.0679. The number of carbonyl (C=O) groups excluding carboxylic acids is 1. The number of hydrogen-bond donors (Lipinski definition) is 0. The van der Waals surface area contributed by atoms with E-state index in [4.69, 9.17) is 34.8 Å². The number of aromatic nitrogens is 1. The van der Waals surface area contributed by atoms with Gasteiger partial charge in [0.05, 0.1) is 15.1 Å². The molecule has 0 N–H and O–H groups in total. The summed E-state index contributed by atoms with van der Waals surface area (Å²) in [6, 6.07) is 6.52. The molecule has 1 aromatic heterocycles. The first-order valence-electron chi connectivity index (χ1n) is 5.14. The first-order valence-corrected chi connectivity index (χ1v) is 6.28. The summed E-state index contributed by atoms with van der Waals surface area (Å²) < 4.78 is 0. The van der Waals surface area contributed by atoms with Crippen LogP contribution in [0.3, 0.4) is 0 Å². The molecule has 5 heteroatoms. The predicted molar refractivity (Wildman–Crippen MR) is 73.7 cm³/mol. The average molecular weight is 301 g/mol. The lowest BCUT2D eigenvalue weighted by molar-refractivity contribution is 0.0993. The lowest BCUT2D eigenvalue weighted by atomic mass is 10.0. The van der Waals surface area contributed by atoms with Crippen LogP contribution in [-0.2, 0) is 6.42 Å². The third-order valence-electron chi connectivity index (χ3n) is 2.45. The van der Waals surface area contributed by atoms with Crippen LogP contribution in [0.15, 0.2) is 36.7 Å². The predicted octanol–water partition coefficient (Wildman–Crippen LogP) is 4.47. The van der Waals surface area contributed by atoms with Crippen molar-refractivity contribution in [1.29, 1.82) is 0 Å². The molecule has 0 aliphatic heterocycles. The Morgan fingerprint density at radius 2 is 1.83 bits per heavy atom. The summed E-state index contributed by atoms with van der Waals surface area (Å²) in [4.78, 5) is 15.9. The number of Topliss-reactive ketones (excluding diaryl/α,β-unsaturated/α-hetero) is 1. The van der Waals surface area contributed by atoms with Crippen molar-refractivity contribution in [2.24, 2.45) is 0 Å². The van der Waals surface area contributed by atoms with E-state index < -0.39 is 0 Å². The van der Waals surface area contributed by atoms with Crippen molar-refractivity contribution in [3.8, 4) is 0 Å². The fourth-order valence-electron chi connectivity index (χ4n) is 1.49. The summed E-state index contributed by atoms with van der Waals surface area (Å²) in [5.41, 5.74) is 1.25. The van der Waals surface area contributed by atoms with E-state index in [0.29, 0.717) is 20.6 Å². The van der Waals surface area contributed by atoms with E-state index in [1.54, 1.807) is 30.5 Å². The van der Waals surface area contributed by atoms with E-state index in [1.807, 2.05) is 0 Å². The van der Waals surface area contributed by atoms with Gasteiger partial charge in [0.1, 0.15) is 0 Å². The Labute approximate surface area is 120 Å². The van der Waals surface area contributed by atoms with Crippen molar-refractivity contribution in [3.63, 3.8) is 0 Å². The molecule has 1 heterocycles. The monoisotopic (exact) mass is 299 g/mol. The lowest BCUT2D eigenvalue weighted by Crippen LogP contribution is -2.04. The Hall–Kier alpha value is -1.09. The molecule has 0 spiro atoms. The Morgan fingerprint density at radius 1 is 1.06 bits per heavy atom. The van der Waals surface area contributed by atoms with Crippen molar-refractivity contribution < 1.29 is 4.79 Å². The lowest BCUT2D eigenvalue weighted by Gasteiger charge is -2.04. The van der Waals surface area contributed by atoms with Gasteiger partial charge in [-0.05, 0) is 29.8 Å². The number of pyridine rings is 1. The Kier molecular flexibility index (Phi) is 4.23. The molecule has 1 aromatic carbocycles. The maximum atomic E-state index is 12.0. The second kappa shape index (κ2) is 5.70. The number of hydrogen-bond acceptors (Lipinski definition) is 2. The van der Waals surface area contributed by atoms with Gasteiger partial charge in [-0.15, -0.1) is 0 Å². The van der Waals surface area contributed by atoms with Crippen LogP contribution in [-0.4, -0.2) is 10.8 Å². The van der Waals surface area contributed by atoms with Crippen LogP contribution in [0.25, 0.3) is 0 Å². The Balaban J connectivity index is 2.22. The molecule has 0 saturated heterocycles. The molecular weight excluding hydrogens is 293 g/mol. The van der Waals surface area contributed by atoms with Gasteiger partial charge in [0.25, 0.3) is 0 Å². The van der Waals surface area contributed by atoms with Gasteiger partial charge in [0.15, 0.2) is 5.78 Å². The van der Waals surface area contributed by atoms with E-state index in [9.17, 15) is 4.79 Å². The molecule has 0 radical (unpaired) electrons. The van der Waals surface area contributed by atoms with Gasteiger partial charge in [0, 0.05) is 24.4 Å². The van der Waals surface area contributed by atoms with Gasteiger partial charge >= 0.3 is 0 Å². The maximum Gasteiger partial charge on any atom is 0.167 e. The topological polar surface area (TPSA) is 30.0 Å². The summed E-state index contributed by atoms with van der Waals surface area (Å²) in [5.74, 6) is -0.0679. The molecule has 0 fully saturated rings. The fourth-order valence-corrected chi connectivity index (χ4v) is 1.98. The van der Waals surface area contributed by atoms with Crippen molar-refractivity contribution in [2.45, 2.75) is 6.42 Å². The SMILES string of the molecule is O=C(Cc1ccncc1Cl)c1ccc(Cl)c(Cl)c1. The fraction of sp³-hybridized carbons (Fsp3) is 0.0769. The third-order valence-corrected chi connectivity index (χ3v) is 3.53. The van der Waals surface area contributed by atoms with Gasteiger partial charge < -0.3 is 0 Å². The maximum absolute atomic E-state index is 12.0. The van der Waals surface area contributed by atoms with E-state index >= 15 is 0 Å². The van der Waals surface area contributed by atoms with E-state index in [1.165, 1.54) is 6.20 Å². The van der Waals surface area contributed by atoms with Crippen LogP contribution < -0.4 is 0 Å². The highest BCUT2D eigenvalue weighted by Gasteiger charge is 2.11. The van der Waals surface area contributed by atoms with E-state index in [-0.39, 0.29) is 12.2 Å². The smallest absolute Gasteiger partial charge is 0.167 e. The van der Waals surface area contributed by atoms with Crippen LogP contribution in [0.2, 0.25) is 15.1 Å². The largest absolute Gasteiger partial charge is 0.294 e. The van der Waals surface area contributed by atoms with E-state index in [0.717, 1.165) is 5.56 Å². The minimum atomic E-state index is -0.0679. The molecule has 2 nitrogen and oxygen atoms in total. The number of nitrogens with zero attached hydrogens (tertiary/aromatic N) is 1. The first kappa shape index (κ1) is 13.3. The molecule has 92 valence electrons. The number of carbonyl (C=O) groups is 1. The summed E-state index contributed by atoms with van der Waals surface area (Å²) in [5, 5.41) is 1.27. The van der Waals surface area contributed by atoms with Crippen molar-refractivity contribution >= 4 is 40.6 Å². The molecular formula is C13H8Cl3NO. The molecule has 0 saturated carbocycles. The Morgan fingerprint density at radius 3 is 2.50 bits per heavy atom. The molecule has 18 heavy (non-hydrogen) atoms. The van der Waals surface area contributed by atoms with Crippen LogP contribution in [0.1, 0.15) is 15.9 Å². The number of ketones is 1. The zero-order valence-electron chi connectivity index (χ0n) is 9.16.